The summed E-state index contributed by atoms with van der Waals surface area (Å²) >= 11 is 0. The van der Waals surface area contributed by atoms with Gasteiger partial charge in [0.05, 0.1) is 7.11 Å². The lowest BCUT2D eigenvalue weighted by molar-refractivity contribution is -0.142. The van der Waals surface area contributed by atoms with Crippen LogP contribution in [-0.2, 0) is 11.7 Å². The SMILES string of the molecule is COc1ncc(C2(C)CCCN2)c(C(F)(F)F)n1. The predicted molar refractivity (Wildman–Crippen MR) is 58.2 cm³/mol. The Morgan fingerprint density at radius 3 is 2.67 bits per heavy atom. The third-order valence-corrected chi connectivity index (χ3v) is 3.18. The molecule has 1 atom stereocenters. The number of alkyl halides is 3. The molecule has 18 heavy (non-hydrogen) atoms. The van der Waals surface area contributed by atoms with Gasteiger partial charge in [0.25, 0.3) is 0 Å². The maximum Gasteiger partial charge on any atom is 0.433 e. The fourth-order valence-electron chi connectivity index (χ4n) is 2.21. The van der Waals surface area contributed by atoms with E-state index in [9.17, 15) is 13.2 Å². The van der Waals surface area contributed by atoms with E-state index in [2.05, 4.69) is 20.0 Å². The zero-order valence-electron chi connectivity index (χ0n) is 10.1. The smallest absolute Gasteiger partial charge is 0.433 e. The molecule has 0 bridgehead atoms. The molecule has 0 aliphatic carbocycles. The van der Waals surface area contributed by atoms with Gasteiger partial charge in [-0.25, -0.2) is 4.98 Å². The molecule has 1 saturated heterocycles. The zero-order valence-corrected chi connectivity index (χ0v) is 10.1. The Kier molecular flexibility index (Phi) is 3.18. The van der Waals surface area contributed by atoms with Crippen LogP contribution in [0.3, 0.4) is 0 Å². The summed E-state index contributed by atoms with van der Waals surface area (Å²) in [5.74, 6) is 0. The molecule has 4 nitrogen and oxygen atoms in total. The molecular weight excluding hydrogens is 247 g/mol. The van der Waals surface area contributed by atoms with E-state index in [1.807, 2.05) is 0 Å². The Labute approximate surface area is 103 Å². The van der Waals surface area contributed by atoms with Gasteiger partial charge in [-0.3, -0.25) is 0 Å². The molecule has 1 fully saturated rings. The Hall–Kier alpha value is -1.37. The normalized spacial score (nSPS) is 24.3. The van der Waals surface area contributed by atoms with Crippen molar-refractivity contribution < 1.29 is 17.9 Å². The van der Waals surface area contributed by atoms with Crippen LogP contribution in [0, 0.1) is 0 Å². The molecule has 0 amide bonds. The second-order valence-electron chi connectivity index (χ2n) is 4.48. The standard InChI is InChI=1S/C11H14F3N3O/c1-10(4-3-5-16-10)7-6-15-9(18-2)17-8(7)11(12,13)14/h6,16H,3-5H2,1-2H3. The van der Waals surface area contributed by atoms with Gasteiger partial charge in [-0.2, -0.15) is 18.2 Å². The van der Waals surface area contributed by atoms with Crippen LogP contribution in [0.15, 0.2) is 6.20 Å². The van der Waals surface area contributed by atoms with Crippen LogP contribution < -0.4 is 10.1 Å². The van der Waals surface area contributed by atoms with E-state index in [0.29, 0.717) is 13.0 Å². The number of nitrogens with one attached hydrogen (secondary N) is 1. The number of hydrogen-bond acceptors (Lipinski definition) is 4. The molecule has 1 aliphatic heterocycles. The van der Waals surface area contributed by atoms with Crippen LogP contribution in [0.5, 0.6) is 6.01 Å². The first-order valence-electron chi connectivity index (χ1n) is 5.60. The van der Waals surface area contributed by atoms with Gasteiger partial charge in [0.2, 0.25) is 0 Å². The lowest BCUT2D eigenvalue weighted by atomic mass is 9.90. The Morgan fingerprint density at radius 1 is 1.44 bits per heavy atom. The highest BCUT2D eigenvalue weighted by Gasteiger charge is 2.43. The highest BCUT2D eigenvalue weighted by molar-refractivity contribution is 5.30. The van der Waals surface area contributed by atoms with Gasteiger partial charge in [0.15, 0.2) is 5.69 Å². The second kappa shape index (κ2) is 4.38. The van der Waals surface area contributed by atoms with E-state index in [-0.39, 0.29) is 11.6 Å². The van der Waals surface area contributed by atoms with Crippen molar-refractivity contribution in [2.45, 2.75) is 31.5 Å². The van der Waals surface area contributed by atoms with Crippen LogP contribution >= 0.6 is 0 Å². The largest absolute Gasteiger partial charge is 0.467 e. The van der Waals surface area contributed by atoms with Crippen molar-refractivity contribution in [2.24, 2.45) is 0 Å². The molecule has 1 aromatic rings. The van der Waals surface area contributed by atoms with Crippen molar-refractivity contribution in [1.82, 2.24) is 15.3 Å². The van der Waals surface area contributed by atoms with E-state index in [1.165, 1.54) is 13.3 Å². The summed E-state index contributed by atoms with van der Waals surface area (Å²) in [6.45, 7) is 2.43. The highest BCUT2D eigenvalue weighted by atomic mass is 19.4. The van der Waals surface area contributed by atoms with E-state index >= 15 is 0 Å². The highest BCUT2D eigenvalue weighted by Crippen LogP contribution is 2.39. The van der Waals surface area contributed by atoms with Gasteiger partial charge in [-0.1, -0.05) is 0 Å². The van der Waals surface area contributed by atoms with Crippen LogP contribution in [0.2, 0.25) is 0 Å². The van der Waals surface area contributed by atoms with Crippen LogP contribution in [0.4, 0.5) is 13.2 Å². The molecule has 0 saturated carbocycles. The third kappa shape index (κ3) is 2.27. The fraction of sp³-hybridized carbons (Fsp3) is 0.636. The minimum Gasteiger partial charge on any atom is -0.467 e. The topological polar surface area (TPSA) is 47.0 Å². The van der Waals surface area contributed by atoms with Gasteiger partial charge in [0, 0.05) is 17.3 Å². The molecule has 2 rings (SSSR count). The predicted octanol–water partition coefficient (Wildman–Crippen LogP) is 2.10. The summed E-state index contributed by atoms with van der Waals surface area (Å²) < 4.78 is 43.7. The Bertz CT molecular complexity index is 442. The Morgan fingerprint density at radius 2 is 2.17 bits per heavy atom. The number of aromatic nitrogens is 2. The molecule has 1 unspecified atom stereocenters. The number of rotatable bonds is 2. The minimum atomic E-state index is -4.52. The molecule has 1 N–H and O–H groups in total. The maximum atomic E-state index is 13.0. The first-order chi connectivity index (χ1) is 8.37. The van der Waals surface area contributed by atoms with E-state index in [0.717, 1.165) is 6.42 Å². The van der Waals surface area contributed by atoms with Crippen LogP contribution in [-0.4, -0.2) is 23.6 Å². The van der Waals surface area contributed by atoms with E-state index < -0.39 is 17.4 Å². The van der Waals surface area contributed by atoms with Gasteiger partial charge in [-0.05, 0) is 26.3 Å². The lowest BCUT2D eigenvalue weighted by Crippen LogP contribution is -2.36. The molecular formula is C11H14F3N3O. The number of halogens is 3. The maximum absolute atomic E-state index is 13.0. The van der Waals surface area contributed by atoms with Gasteiger partial charge in [0.1, 0.15) is 0 Å². The molecule has 7 heteroatoms. The van der Waals surface area contributed by atoms with E-state index in [1.54, 1.807) is 6.92 Å². The summed E-state index contributed by atoms with van der Waals surface area (Å²) in [5, 5.41) is 3.08. The molecule has 1 aromatic heterocycles. The summed E-state index contributed by atoms with van der Waals surface area (Å²) in [6, 6.07) is -0.271. The molecule has 100 valence electrons. The van der Waals surface area contributed by atoms with Crippen molar-refractivity contribution in [2.75, 3.05) is 13.7 Å². The molecule has 0 radical (unpaired) electrons. The monoisotopic (exact) mass is 261 g/mol. The summed E-state index contributed by atoms with van der Waals surface area (Å²) in [5.41, 5.74) is -1.57. The van der Waals surface area contributed by atoms with Crippen LogP contribution in [0.1, 0.15) is 31.0 Å². The molecule has 2 heterocycles. The van der Waals surface area contributed by atoms with Gasteiger partial charge >= 0.3 is 12.2 Å². The zero-order chi connectivity index (χ0) is 13.4. The summed E-state index contributed by atoms with van der Waals surface area (Å²) in [6.07, 6.45) is -1.85. The molecule has 1 aliphatic rings. The summed E-state index contributed by atoms with van der Waals surface area (Å²) in [4.78, 5) is 7.24. The van der Waals surface area contributed by atoms with Crippen molar-refractivity contribution in [3.8, 4) is 6.01 Å². The first-order valence-corrected chi connectivity index (χ1v) is 5.60. The fourth-order valence-corrected chi connectivity index (χ4v) is 2.21. The van der Waals surface area contributed by atoms with Gasteiger partial charge < -0.3 is 10.1 Å². The first kappa shape index (κ1) is 13.1. The van der Waals surface area contributed by atoms with Crippen LogP contribution in [0.25, 0.3) is 0 Å². The van der Waals surface area contributed by atoms with Gasteiger partial charge in [-0.15, -0.1) is 0 Å². The van der Waals surface area contributed by atoms with Crippen molar-refractivity contribution in [3.05, 3.63) is 17.5 Å². The quantitative estimate of drug-likeness (QED) is 0.885. The number of methoxy groups -OCH3 is 1. The van der Waals surface area contributed by atoms with Crippen molar-refractivity contribution in [3.63, 3.8) is 0 Å². The average molecular weight is 261 g/mol. The number of hydrogen-bond donors (Lipinski definition) is 1. The summed E-state index contributed by atoms with van der Waals surface area (Å²) in [7, 11) is 1.24. The molecule has 0 spiro atoms. The minimum absolute atomic E-state index is 0.0771. The Balaban J connectivity index is 2.52. The second-order valence-corrected chi connectivity index (χ2v) is 4.48. The number of nitrogens with zero attached hydrogens (tertiary/aromatic N) is 2. The van der Waals surface area contributed by atoms with E-state index in [4.69, 9.17) is 0 Å². The molecule has 0 aromatic carbocycles. The lowest BCUT2D eigenvalue weighted by Gasteiger charge is -2.27. The number of ether oxygens (including phenoxy) is 1. The average Bonchev–Trinajstić information content (AvgIpc) is 2.75. The van der Waals surface area contributed by atoms with Crippen molar-refractivity contribution >= 4 is 0 Å². The van der Waals surface area contributed by atoms with Crippen molar-refractivity contribution in [1.29, 1.82) is 0 Å². The third-order valence-electron chi connectivity index (χ3n) is 3.18.